The van der Waals surface area contributed by atoms with E-state index >= 15 is 0 Å². The number of amides is 1. The van der Waals surface area contributed by atoms with Crippen molar-refractivity contribution in [3.05, 3.63) is 53.3 Å². The summed E-state index contributed by atoms with van der Waals surface area (Å²) in [5.74, 6) is 0.248. The van der Waals surface area contributed by atoms with E-state index < -0.39 is 5.91 Å². The smallest absolute Gasteiger partial charge is 0.338 e. The molecule has 1 N–H and O–H groups in total. The van der Waals surface area contributed by atoms with Crippen LogP contribution in [-0.4, -0.2) is 39.5 Å². The number of hydrogen-bond acceptors (Lipinski definition) is 7. The Bertz CT molecular complexity index is 1160. The zero-order chi connectivity index (χ0) is 22.1. The molecule has 1 aromatic carbocycles. The fourth-order valence-corrected chi connectivity index (χ4v) is 3.85. The molecule has 0 aliphatic carbocycles. The van der Waals surface area contributed by atoms with Crippen LogP contribution in [0.1, 0.15) is 36.9 Å². The van der Waals surface area contributed by atoms with Gasteiger partial charge in [0.25, 0.3) is 5.91 Å². The molecule has 0 saturated carbocycles. The minimum absolute atomic E-state index is 0.0325. The molecule has 2 aliphatic heterocycles. The van der Waals surface area contributed by atoms with Crippen LogP contribution < -0.4 is 0 Å². The van der Waals surface area contributed by atoms with Crippen LogP contribution >= 0.6 is 11.8 Å². The average molecular weight is 436 g/mol. The summed E-state index contributed by atoms with van der Waals surface area (Å²) in [6, 6.07) is 10.3. The summed E-state index contributed by atoms with van der Waals surface area (Å²) in [5.41, 5.74) is 1.33. The Morgan fingerprint density at radius 3 is 2.68 bits per heavy atom. The Labute approximate surface area is 183 Å². The van der Waals surface area contributed by atoms with E-state index in [9.17, 15) is 9.59 Å². The van der Waals surface area contributed by atoms with Crippen molar-refractivity contribution in [2.45, 2.75) is 20.8 Å². The lowest BCUT2D eigenvalue weighted by molar-refractivity contribution is -0.114. The monoisotopic (exact) mass is 436 g/mol. The molecule has 0 saturated heterocycles. The number of hydrogen-bond donors (Lipinski definition) is 1. The lowest BCUT2D eigenvalue weighted by atomic mass is 10.1. The SMILES string of the molecule is CCOC(=O)c1ccc(-c2ccc(/C=C3/C(=N)N4N=C(C(C)C)SC4=NC3=O)o2)cc1. The number of amidine groups is 2. The summed E-state index contributed by atoms with van der Waals surface area (Å²) in [5, 5.41) is 15.4. The number of nitrogens with zero attached hydrogens (tertiary/aromatic N) is 3. The summed E-state index contributed by atoms with van der Waals surface area (Å²) < 4.78 is 10.8. The van der Waals surface area contributed by atoms with E-state index in [0.717, 1.165) is 10.6 Å². The maximum absolute atomic E-state index is 12.5. The lowest BCUT2D eigenvalue weighted by Crippen LogP contribution is -2.35. The van der Waals surface area contributed by atoms with Crippen LogP contribution in [0.2, 0.25) is 0 Å². The molecular formula is C22H20N4O4S. The van der Waals surface area contributed by atoms with Crippen molar-refractivity contribution in [1.82, 2.24) is 5.01 Å². The number of fused-ring (bicyclic) bond motifs is 1. The number of nitrogens with one attached hydrogen (secondary N) is 1. The number of aliphatic imine (C=N–C) groups is 1. The largest absolute Gasteiger partial charge is 0.462 e. The van der Waals surface area contributed by atoms with Crippen molar-refractivity contribution in [2.75, 3.05) is 6.61 Å². The van der Waals surface area contributed by atoms with E-state index in [1.165, 1.54) is 22.8 Å². The molecule has 31 heavy (non-hydrogen) atoms. The topological polar surface area (TPSA) is 108 Å². The second-order valence-electron chi connectivity index (χ2n) is 7.11. The van der Waals surface area contributed by atoms with Crippen LogP contribution in [0.4, 0.5) is 0 Å². The molecule has 2 aliphatic rings. The fraction of sp³-hybridized carbons (Fsp3) is 0.227. The van der Waals surface area contributed by atoms with Crippen LogP contribution in [0, 0.1) is 11.3 Å². The van der Waals surface area contributed by atoms with Gasteiger partial charge in [0.1, 0.15) is 16.6 Å². The molecule has 4 rings (SSSR count). The third kappa shape index (κ3) is 4.09. The Morgan fingerprint density at radius 2 is 2.00 bits per heavy atom. The van der Waals surface area contributed by atoms with Gasteiger partial charge >= 0.3 is 5.97 Å². The number of carbonyl (C=O) groups is 2. The first-order chi connectivity index (χ1) is 14.9. The Morgan fingerprint density at radius 1 is 1.26 bits per heavy atom. The molecule has 158 valence electrons. The highest BCUT2D eigenvalue weighted by Crippen LogP contribution is 2.31. The minimum Gasteiger partial charge on any atom is -0.462 e. The Hall–Kier alpha value is -3.46. The number of hydrazone groups is 1. The van der Waals surface area contributed by atoms with E-state index in [0.29, 0.717) is 28.9 Å². The van der Waals surface area contributed by atoms with E-state index in [1.54, 1.807) is 43.3 Å². The summed E-state index contributed by atoms with van der Waals surface area (Å²) in [6.07, 6.45) is 1.50. The number of carbonyl (C=O) groups excluding carboxylic acids is 2. The summed E-state index contributed by atoms with van der Waals surface area (Å²) in [4.78, 5) is 28.3. The molecule has 0 fully saturated rings. The second-order valence-corrected chi connectivity index (χ2v) is 8.10. The first-order valence-electron chi connectivity index (χ1n) is 9.75. The van der Waals surface area contributed by atoms with E-state index in [-0.39, 0.29) is 23.3 Å². The lowest BCUT2D eigenvalue weighted by Gasteiger charge is -2.19. The van der Waals surface area contributed by atoms with Crippen LogP contribution in [0.15, 0.2) is 56.5 Å². The van der Waals surface area contributed by atoms with Crippen molar-refractivity contribution in [3.63, 3.8) is 0 Å². The molecule has 3 heterocycles. The highest BCUT2D eigenvalue weighted by Gasteiger charge is 2.36. The molecular weight excluding hydrogens is 416 g/mol. The molecule has 9 heteroatoms. The molecule has 8 nitrogen and oxygen atoms in total. The molecule has 0 bridgehead atoms. The number of esters is 1. The van der Waals surface area contributed by atoms with Gasteiger partial charge < -0.3 is 9.15 Å². The van der Waals surface area contributed by atoms with Gasteiger partial charge in [0.2, 0.25) is 5.17 Å². The number of thioether (sulfide) groups is 1. The first-order valence-corrected chi connectivity index (χ1v) is 10.6. The summed E-state index contributed by atoms with van der Waals surface area (Å²) in [6.45, 7) is 6.07. The van der Waals surface area contributed by atoms with Crippen LogP contribution in [0.3, 0.4) is 0 Å². The molecule has 0 radical (unpaired) electrons. The summed E-state index contributed by atoms with van der Waals surface area (Å²) >= 11 is 1.31. The number of rotatable bonds is 5. The van der Waals surface area contributed by atoms with Gasteiger partial charge in [-0.05, 0) is 49.0 Å². The highest BCUT2D eigenvalue weighted by molar-refractivity contribution is 8.27. The van der Waals surface area contributed by atoms with Gasteiger partial charge in [0, 0.05) is 11.5 Å². The Balaban J connectivity index is 1.57. The van der Waals surface area contributed by atoms with Crippen LogP contribution in [-0.2, 0) is 9.53 Å². The van der Waals surface area contributed by atoms with Crippen LogP contribution in [0.5, 0.6) is 0 Å². The number of furan rings is 1. The molecule has 1 amide bonds. The highest BCUT2D eigenvalue weighted by atomic mass is 32.2. The van der Waals surface area contributed by atoms with Gasteiger partial charge in [-0.25, -0.2) is 4.79 Å². The quantitative estimate of drug-likeness (QED) is 0.550. The third-order valence-corrected chi connectivity index (χ3v) is 5.77. The van der Waals surface area contributed by atoms with Crippen LogP contribution in [0.25, 0.3) is 17.4 Å². The van der Waals surface area contributed by atoms with Gasteiger partial charge in [-0.1, -0.05) is 26.0 Å². The van der Waals surface area contributed by atoms with Crippen molar-refractivity contribution in [2.24, 2.45) is 16.0 Å². The van der Waals surface area contributed by atoms with Crippen molar-refractivity contribution in [3.8, 4) is 11.3 Å². The molecule has 2 aromatic rings. The van der Waals surface area contributed by atoms with Gasteiger partial charge in [0.05, 0.1) is 17.7 Å². The number of benzene rings is 1. The van der Waals surface area contributed by atoms with Gasteiger partial charge in [0.15, 0.2) is 5.84 Å². The van der Waals surface area contributed by atoms with Gasteiger partial charge in [-0.15, -0.1) is 0 Å². The molecule has 0 unspecified atom stereocenters. The maximum atomic E-state index is 12.5. The molecule has 0 spiro atoms. The predicted octanol–water partition coefficient (Wildman–Crippen LogP) is 4.40. The standard InChI is InChI=1S/C22H20N4O4S/c1-4-29-21(28)14-7-5-13(6-8-14)17-10-9-15(30-17)11-16-18(23)26-22(24-19(16)27)31-20(25-26)12(2)3/h5-12,23H,4H2,1-3H3/b16-11-,23-18?. The van der Waals surface area contributed by atoms with Gasteiger partial charge in [-0.2, -0.15) is 15.1 Å². The van der Waals surface area contributed by atoms with E-state index in [2.05, 4.69) is 10.1 Å². The van der Waals surface area contributed by atoms with Crippen molar-refractivity contribution in [1.29, 1.82) is 5.41 Å². The first kappa shape index (κ1) is 20.8. The average Bonchev–Trinajstić information content (AvgIpc) is 3.39. The van der Waals surface area contributed by atoms with Crippen molar-refractivity contribution < 1.29 is 18.7 Å². The van der Waals surface area contributed by atoms with Crippen molar-refractivity contribution >= 4 is 45.8 Å². The van der Waals surface area contributed by atoms with E-state index in [1.807, 2.05) is 13.8 Å². The minimum atomic E-state index is -0.499. The summed E-state index contributed by atoms with van der Waals surface area (Å²) in [7, 11) is 0. The van der Waals surface area contributed by atoms with E-state index in [4.69, 9.17) is 14.6 Å². The zero-order valence-corrected chi connectivity index (χ0v) is 18.0. The maximum Gasteiger partial charge on any atom is 0.338 e. The Kier molecular flexibility index (Phi) is 5.60. The fourth-order valence-electron chi connectivity index (χ4n) is 2.95. The normalized spacial score (nSPS) is 17.2. The van der Waals surface area contributed by atoms with Gasteiger partial charge in [-0.3, -0.25) is 10.2 Å². The zero-order valence-electron chi connectivity index (χ0n) is 17.2. The molecule has 0 atom stereocenters. The predicted molar refractivity (Wildman–Crippen MR) is 120 cm³/mol. The third-order valence-electron chi connectivity index (χ3n) is 4.56. The second kappa shape index (κ2) is 8.35. The molecule has 1 aromatic heterocycles. The number of ether oxygens (including phenoxy) is 1.